The molecule has 0 aromatic heterocycles. The average molecular weight is 212 g/mol. The van der Waals surface area contributed by atoms with E-state index in [1.165, 1.54) is 12.8 Å². The topological polar surface area (TPSA) is 41.1 Å². The summed E-state index contributed by atoms with van der Waals surface area (Å²) in [7, 11) is 0. The molecule has 0 aromatic carbocycles. The van der Waals surface area contributed by atoms with E-state index in [1.807, 2.05) is 6.92 Å². The molecule has 0 aromatic rings. The molecule has 1 saturated carbocycles. The highest BCUT2D eigenvalue weighted by atomic mass is 16.2. The second kappa shape index (κ2) is 4.97. The minimum atomic E-state index is -0.0906. The first-order valence-electron chi connectivity index (χ1n) is 6.02. The van der Waals surface area contributed by atoms with Crippen molar-refractivity contribution in [2.75, 3.05) is 6.54 Å². The molecule has 0 bridgehead atoms. The van der Waals surface area contributed by atoms with Crippen molar-refractivity contribution in [3.8, 4) is 0 Å². The smallest absolute Gasteiger partial charge is 0.236 e. The van der Waals surface area contributed by atoms with Crippen LogP contribution >= 0.6 is 0 Å². The van der Waals surface area contributed by atoms with Crippen LogP contribution in [0, 0.1) is 5.92 Å². The van der Waals surface area contributed by atoms with Gasteiger partial charge < -0.3 is 10.6 Å². The summed E-state index contributed by atoms with van der Waals surface area (Å²) >= 11 is 0. The maximum atomic E-state index is 11.6. The molecular formula is C12H24N2O. The fraction of sp³-hybridized carbons (Fsp3) is 0.917. The fourth-order valence-corrected chi connectivity index (χ4v) is 1.95. The third kappa shape index (κ3) is 3.82. The van der Waals surface area contributed by atoms with Gasteiger partial charge in [0.15, 0.2) is 0 Å². The van der Waals surface area contributed by atoms with Crippen molar-refractivity contribution in [2.45, 2.75) is 58.5 Å². The van der Waals surface area contributed by atoms with E-state index in [9.17, 15) is 4.79 Å². The lowest BCUT2D eigenvalue weighted by atomic mass is 9.97. The van der Waals surface area contributed by atoms with Crippen LogP contribution in [0.5, 0.6) is 0 Å². The summed E-state index contributed by atoms with van der Waals surface area (Å²) in [6.07, 6.45) is 3.58. The largest absolute Gasteiger partial charge is 0.355 e. The van der Waals surface area contributed by atoms with Crippen molar-refractivity contribution in [3.63, 3.8) is 0 Å². The van der Waals surface area contributed by atoms with E-state index in [-0.39, 0.29) is 17.5 Å². The Kier molecular flexibility index (Phi) is 4.14. The molecule has 1 aliphatic carbocycles. The van der Waals surface area contributed by atoms with E-state index in [2.05, 4.69) is 31.4 Å². The minimum absolute atomic E-state index is 0.0906. The summed E-state index contributed by atoms with van der Waals surface area (Å²) in [6.45, 7) is 9.15. The Hall–Kier alpha value is -0.570. The standard InChI is InChI=1S/C12H24N2O/c1-5-8-13-11(15)9(2)14-12(3,4)10-6-7-10/h9-10,14H,5-8H2,1-4H3,(H,13,15). The average Bonchev–Trinajstić information content (AvgIpc) is 2.96. The van der Waals surface area contributed by atoms with Crippen LogP contribution in [0.25, 0.3) is 0 Å². The Morgan fingerprint density at radius 1 is 1.47 bits per heavy atom. The molecule has 0 aliphatic heterocycles. The van der Waals surface area contributed by atoms with Gasteiger partial charge in [-0.2, -0.15) is 0 Å². The Labute approximate surface area is 93.0 Å². The maximum Gasteiger partial charge on any atom is 0.236 e. The van der Waals surface area contributed by atoms with E-state index >= 15 is 0 Å². The van der Waals surface area contributed by atoms with Crippen LogP contribution in [0.2, 0.25) is 0 Å². The quantitative estimate of drug-likeness (QED) is 0.703. The first-order chi connectivity index (χ1) is 6.97. The van der Waals surface area contributed by atoms with Gasteiger partial charge in [0.25, 0.3) is 0 Å². The molecule has 1 rings (SSSR count). The molecular weight excluding hydrogens is 188 g/mol. The molecule has 2 N–H and O–H groups in total. The number of amides is 1. The molecule has 0 saturated heterocycles. The Morgan fingerprint density at radius 2 is 2.07 bits per heavy atom. The van der Waals surface area contributed by atoms with Gasteiger partial charge in [0.05, 0.1) is 6.04 Å². The summed E-state index contributed by atoms with van der Waals surface area (Å²) < 4.78 is 0. The van der Waals surface area contributed by atoms with Crippen molar-refractivity contribution in [1.82, 2.24) is 10.6 Å². The number of carbonyl (C=O) groups is 1. The number of carbonyl (C=O) groups excluding carboxylic acids is 1. The predicted octanol–water partition coefficient (Wildman–Crippen LogP) is 1.68. The molecule has 88 valence electrons. The Bertz CT molecular complexity index is 222. The van der Waals surface area contributed by atoms with Gasteiger partial charge in [0.1, 0.15) is 0 Å². The SMILES string of the molecule is CCCNC(=O)C(C)NC(C)(C)C1CC1. The lowest BCUT2D eigenvalue weighted by Crippen LogP contribution is -2.52. The number of hydrogen-bond donors (Lipinski definition) is 2. The van der Waals surface area contributed by atoms with Gasteiger partial charge in [-0.05, 0) is 46.0 Å². The Balaban J connectivity index is 2.33. The molecule has 3 nitrogen and oxygen atoms in total. The van der Waals surface area contributed by atoms with Gasteiger partial charge in [0, 0.05) is 12.1 Å². The highest BCUT2D eigenvalue weighted by Crippen LogP contribution is 2.39. The van der Waals surface area contributed by atoms with Crippen molar-refractivity contribution in [2.24, 2.45) is 5.92 Å². The van der Waals surface area contributed by atoms with E-state index in [1.54, 1.807) is 0 Å². The van der Waals surface area contributed by atoms with Crippen LogP contribution in [-0.2, 0) is 4.79 Å². The van der Waals surface area contributed by atoms with Crippen LogP contribution in [0.1, 0.15) is 47.0 Å². The summed E-state index contributed by atoms with van der Waals surface area (Å²) in [5.41, 5.74) is 0.100. The molecule has 1 aliphatic rings. The summed E-state index contributed by atoms with van der Waals surface area (Å²) in [5.74, 6) is 0.865. The lowest BCUT2D eigenvalue weighted by molar-refractivity contribution is -0.123. The third-order valence-corrected chi connectivity index (χ3v) is 3.13. The maximum absolute atomic E-state index is 11.6. The first-order valence-corrected chi connectivity index (χ1v) is 6.02. The van der Waals surface area contributed by atoms with Gasteiger partial charge in [-0.1, -0.05) is 6.92 Å². The zero-order valence-electron chi connectivity index (χ0n) is 10.4. The van der Waals surface area contributed by atoms with Crippen LogP contribution in [0.15, 0.2) is 0 Å². The Morgan fingerprint density at radius 3 is 2.53 bits per heavy atom. The lowest BCUT2D eigenvalue weighted by Gasteiger charge is -2.29. The van der Waals surface area contributed by atoms with E-state index in [0.717, 1.165) is 18.9 Å². The van der Waals surface area contributed by atoms with Crippen LogP contribution in [0.4, 0.5) is 0 Å². The minimum Gasteiger partial charge on any atom is -0.355 e. The summed E-state index contributed by atoms with van der Waals surface area (Å²) in [6, 6.07) is -0.0906. The molecule has 0 radical (unpaired) electrons. The van der Waals surface area contributed by atoms with Gasteiger partial charge in [-0.15, -0.1) is 0 Å². The zero-order valence-corrected chi connectivity index (χ0v) is 10.4. The van der Waals surface area contributed by atoms with E-state index in [0.29, 0.717) is 0 Å². The summed E-state index contributed by atoms with van der Waals surface area (Å²) in [5, 5.41) is 6.33. The van der Waals surface area contributed by atoms with Crippen molar-refractivity contribution < 1.29 is 4.79 Å². The van der Waals surface area contributed by atoms with Gasteiger partial charge in [0.2, 0.25) is 5.91 Å². The first kappa shape index (κ1) is 12.5. The van der Waals surface area contributed by atoms with Crippen molar-refractivity contribution in [3.05, 3.63) is 0 Å². The van der Waals surface area contributed by atoms with Crippen LogP contribution < -0.4 is 10.6 Å². The van der Waals surface area contributed by atoms with Gasteiger partial charge >= 0.3 is 0 Å². The molecule has 3 heteroatoms. The predicted molar refractivity (Wildman–Crippen MR) is 62.7 cm³/mol. The molecule has 1 amide bonds. The van der Waals surface area contributed by atoms with Gasteiger partial charge in [-0.25, -0.2) is 0 Å². The van der Waals surface area contributed by atoms with Crippen molar-refractivity contribution in [1.29, 1.82) is 0 Å². The van der Waals surface area contributed by atoms with E-state index < -0.39 is 0 Å². The number of rotatable bonds is 6. The molecule has 0 spiro atoms. The molecule has 1 fully saturated rings. The zero-order chi connectivity index (χ0) is 11.5. The highest BCUT2D eigenvalue weighted by molar-refractivity contribution is 5.81. The number of nitrogens with one attached hydrogen (secondary N) is 2. The van der Waals surface area contributed by atoms with E-state index in [4.69, 9.17) is 0 Å². The second-order valence-corrected chi connectivity index (χ2v) is 5.15. The number of hydrogen-bond acceptors (Lipinski definition) is 2. The van der Waals surface area contributed by atoms with Crippen LogP contribution in [-0.4, -0.2) is 24.0 Å². The van der Waals surface area contributed by atoms with Crippen LogP contribution in [0.3, 0.4) is 0 Å². The van der Waals surface area contributed by atoms with Gasteiger partial charge in [-0.3, -0.25) is 4.79 Å². The summed E-state index contributed by atoms with van der Waals surface area (Å²) in [4.78, 5) is 11.6. The fourth-order valence-electron chi connectivity index (χ4n) is 1.95. The molecule has 1 unspecified atom stereocenters. The second-order valence-electron chi connectivity index (χ2n) is 5.15. The normalized spacial score (nSPS) is 18.7. The molecule has 1 atom stereocenters. The molecule has 15 heavy (non-hydrogen) atoms. The molecule has 0 heterocycles. The monoisotopic (exact) mass is 212 g/mol. The van der Waals surface area contributed by atoms with Crippen molar-refractivity contribution >= 4 is 5.91 Å². The highest BCUT2D eigenvalue weighted by Gasteiger charge is 2.38. The third-order valence-electron chi connectivity index (χ3n) is 3.13.